The molecule has 24 heavy (non-hydrogen) atoms. The van der Waals surface area contributed by atoms with E-state index in [0.717, 1.165) is 12.0 Å². The fourth-order valence-electron chi connectivity index (χ4n) is 2.02. The zero-order valence-corrected chi connectivity index (χ0v) is 14.6. The number of hydrogen-bond acceptors (Lipinski definition) is 6. The molecule has 0 bridgehead atoms. The van der Waals surface area contributed by atoms with Gasteiger partial charge in [0.1, 0.15) is 5.75 Å². The van der Waals surface area contributed by atoms with Crippen molar-refractivity contribution >= 4 is 15.7 Å². The normalized spacial score (nSPS) is 11.4. The SMILES string of the molecule is CCCNC(=O)CCc1nc(CS(=O)(=O)c2ccc(C)cc2)no1. The fraction of sp³-hybridized carbons (Fsp3) is 0.438. The van der Waals surface area contributed by atoms with E-state index in [-0.39, 0.29) is 41.1 Å². The Morgan fingerprint density at radius 3 is 2.62 bits per heavy atom. The van der Waals surface area contributed by atoms with Crippen LogP contribution in [0.25, 0.3) is 0 Å². The minimum absolute atomic E-state index is 0.0936. The molecule has 1 aromatic heterocycles. The van der Waals surface area contributed by atoms with Crippen molar-refractivity contribution in [2.75, 3.05) is 6.54 Å². The molecular formula is C16H21N3O4S. The summed E-state index contributed by atoms with van der Waals surface area (Å²) in [5.41, 5.74) is 0.983. The molecule has 0 saturated heterocycles. The van der Waals surface area contributed by atoms with Crippen LogP contribution in [0.5, 0.6) is 0 Å². The number of carbonyl (C=O) groups excluding carboxylic acids is 1. The maximum Gasteiger partial charge on any atom is 0.227 e. The van der Waals surface area contributed by atoms with Gasteiger partial charge in [-0.3, -0.25) is 4.79 Å². The quantitative estimate of drug-likeness (QED) is 0.778. The molecule has 0 atom stereocenters. The number of rotatable bonds is 8. The van der Waals surface area contributed by atoms with Gasteiger partial charge in [0, 0.05) is 19.4 Å². The molecule has 1 aromatic carbocycles. The lowest BCUT2D eigenvalue weighted by Crippen LogP contribution is -2.24. The van der Waals surface area contributed by atoms with Gasteiger partial charge >= 0.3 is 0 Å². The molecule has 2 aromatic rings. The maximum absolute atomic E-state index is 12.3. The van der Waals surface area contributed by atoms with Gasteiger partial charge in [0.15, 0.2) is 15.7 Å². The smallest absolute Gasteiger partial charge is 0.227 e. The Morgan fingerprint density at radius 1 is 1.25 bits per heavy atom. The van der Waals surface area contributed by atoms with E-state index in [0.29, 0.717) is 6.54 Å². The molecule has 0 aliphatic heterocycles. The average Bonchev–Trinajstić information content (AvgIpc) is 2.98. The third kappa shape index (κ3) is 5.16. The third-order valence-electron chi connectivity index (χ3n) is 3.35. The van der Waals surface area contributed by atoms with Crippen LogP contribution in [-0.2, 0) is 26.8 Å². The zero-order valence-electron chi connectivity index (χ0n) is 13.8. The van der Waals surface area contributed by atoms with Crippen molar-refractivity contribution in [1.82, 2.24) is 15.5 Å². The van der Waals surface area contributed by atoms with Crippen molar-refractivity contribution in [3.63, 3.8) is 0 Å². The number of sulfone groups is 1. The van der Waals surface area contributed by atoms with E-state index in [4.69, 9.17) is 4.52 Å². The van der Waals surface area contributed by atoms with Crippen LogP contribution >= 0.6 is 0 Å². The van der Waals surface area contributed by atoms with Gasteiger partial charge in [0.2, 0.25) is 11.8 Å². The molecule has 2 rings (SSSR count). The molecule has 130 valence electrons. The van der Waals surface area contributed by atoms with Crippen LogP contribution in [0.15, 0.2) is 33.7 Å². The van der Waals surface area contributed by atoms with Crippen LogP contribution < -0.4 is 5.32 Å². The lowest BCUT2D eigenvalue weighted by atomic mass is 10.2. The third-order valence-corrected chi connectivity index (χ3v) is 4.98. The molecule has 0 aliphatic carbocycles. The van der Waals surface area contributed by atoms with Crippen molar-refractivity contribution in [1.29, 1.82) is 0 Å². The van der Waals surface area contributed by atoms with E-state index in [2.05, 4.69) is 15.5 Å². The van der Waals surface area contributed by atoms with Crippen molar-refractivity contribution < 1.29 is 17.7 Å². The van der Waals surface area contributed by atoms with E-state index in [1.165, 1.54) is 0 Å². The number of nitrogens with zero attached hydrogens (tertiary/aromatic N) is 2. The van der Waals surface area contributed by atoms with Gasteiger partial charge in [-0.1, -0.05) is 29.8 Å². The number of aryl methyl sites for hydroxylation is 2. The van der Waals surface area contributed by atoms with E-state index < -0.39 is 9.84 Å². The van der Waals surface area contributed by atoms with Crippen molar-refractivity contribution in [2.45, 2.75) is 43.8 Å². The highest BCUT2D eigenvalue weighted by atomic mass is 32.2. The predicted octanol–water partition coefficient (Wildman–Crippen LogP) is 1.81. The van der Waals surface area contributed by atoms with Crippen molar-refractivity contribution in [3.8, 4) is 0 Å². The van der Waals surface area contributed by atoms with E-state index in [9.17, 15) is 13.2 Å². The monoisotopic (exact) mass is 351 g/mol. The molecule has 0 radical (unpaired) electrons. The number of carbonyl (C=O) groups is 1. The topological polar surface area (TPSA) is 102 Å². The minimum atomic E-state index is -3.52. The summed E-state index contributed by atoms with van der Waals surface area (Å²) in [5, 5.41) is 6.44. The highest BCUT2D eigenvalue weighted by Crippen LogP contribution is 2.16. The standard InChI is InChI=1S/C16H21N3O4S/c1-3-10-17-15(20)8-9-16-18-14(19-23-16)11-24(21,22)13-6-4-12(2)5-7-13/h4-7H,3,8-11H2,1-2H3,(H,17,20). The van der Waals surface area contributed by atoms with E-state index in [1.807, 2.05) is 13.8 Å². The lowest BCUT2D eigenvalue weighted by molar-refractivity contribution is -0.121. The molecule has 0 saturated carbocycles. The van der Waals surface area contributed by atoms with E-state index in [1.54, 1.807) is 24.3 Å². The van der Waals surface area contributed by atoms with Crippen LogP contribution in [0.3, 0.4) is 0 Å². The predicted molar refractivity (Wildman–Crippen MR) is 88.0 cm³/mol. The number of benzene rings is 1. The Labute approximate surface area is 141 Å². The Bertz CT molecular complexity index is 782. The summed E-state index contributed by atoms with van der Waals surface area (Å²) in [6.07, 6.45) is 1.38. The van der Waals surface area contributed by atoms with Crippen LogP contribution in [0.2, 0.25) is 0 Å². The number of amides is 1. The lowest BCUT2D eigenvalue weighted by Gasteiger charge is -2.02. The summed E-state index contributed by atoms with van der Waals surface area (Å²) < 4.78 is 29.7. The first kappa shape index (κ1) is 18.1. The highest BCUT2D eigenvalue weighted by molar-refractivity contribution is 7.90. The molecular weight excluding hydrogens is 330 g/mol. The van der Waals surface area contributed by atoms with Crippen LogP contribution in [-0.4, -0.2) is 31.0 Å². The molecule has 1 N–H and O–H groups in total. The second kappa shape index (κ2) is 8.05. The second-order valence-electron chi connectivity index (χ2n) is 5.53. The zero-order chi connectivity index (χ0) is 17.6. The summed E-state index contributed by atoms with van der Waals surface area (Å²) in [6, 6.07) is 6.60. The average molecular weight is 351 g/mol. The molecule has 1 amide bonds. The highest BCUT2D eigenvalue weighted by Gasteiger charge is 2.19. The van der Waals surface area contributed by atoms with Crippen LogP contribution in [0.1, 0.15) is 37.0 Å². The summed E-state index contributed by atoms with van der Waals surface area (Å²) in [5.74, 6) is -0.0686. The van der Waals surface area contributed by atoms with Crippen LogP contribution in [0, 0.1) is 6.92 Å². The molecule has 0 spiro atoms. The van der Waals surface area contributed by atoms with Crippen LogP contribution in [0.4, 0.5) is 0 Å². The first-order chi connectivity index (χ1) is 11.4. The number of nitrogens with one attached hydrogen (secondary N) is 1. The second-order valence-corrected chi connectivity index (χ2v) is 7.52. The Hall–Kier alpha value is -2.22. The summed E-state index contributed by atoms with van der Waals surface area (Å²) in [4.78, 5) is 15.8. The molecule has 0 fully saturated rings. The number of hydrogen-bond donors (Lipinski definition) is 1. The summed E-state index contributed by atoms with van der Waals surface area (Å²) >= 11 is 0. The Kier molecular flexibility index (Phi) is 6.08. The van der Waals surface area contributed by atoms with Gasteiger partial charge in [-0.15, -0.1) is 0 Å². The first-order valence-corrected chi connectivity index (χ1v) is 9.43. The van der Waals surface area contributed by atoms with E-state index >= 15 is 0 Å². The van der Waals surface area contributed by atoms with Gasteiger partial charge in [0.05, 0.1) is 4.90 Å². The van der Waals surface area contributed by atoms with Crippen molar-refractivity contribution in [2.24, 2.45) is 0 Å². The van der Waals surface area contributed by atoms with Gasteiger partial charge in [0.25, 0.3) is 0 Å². The Balaban J connectivity index is 1.95. The maximum atomic E-state index is 12.3. The molecule has 0 unspecified atom stereocenters. The summed E-state index contributed by atoms with van der Waals surface area (Å²) in [6.45, 7) is 4.49. The van der Waals surface area contributed by atoms with Gasteiger partial charge < -0.3 is 9.84 Å². The largest absolute Gasteiger partial charge is 0.356 e. The Morgan fingerprint density at radius 2 is 1.96 bits per heavy atom. The molecule has 1 heterocycles. The molecule has 7 nitrogen and oxygen atoms in total. The number of aromatic nitrogens is 2. The minimum Gasteiger partial charge on any atom is -0.356 e. The first-order valence-electron chi connectivity index (χ1n) is 7.78. The van der Waals surface area contributed by atoms with Gasteiger partial charge in [-0.05, 0) is 25.5 Å². The molecule has 8 heteroatoms. The van der Waals surface area contributed by atoms with Gasteiger partial charge in [-0.2, -0.15) is 4.98 Å². The molecule has 0 aliphatic rings. The van der Waals surface area contributed by atoms with Crippen molar-refractivity contribution in [3.05, 3.63) is 41.5 Å². The fourth-order valence-corrected chi connectivity index (χ4v) is 3.20. The summed E-state index contributed by atoms with van der Waals surface area (Å²) in [7, 11) is -3.52. The van der Waals surface area contributed by atoms with Gasteiger partial charge in [-0.25, -0.2) is 8.42 Å².